The Morgan fingerprint density at radius 1 is 0.800 bits per heavy atom. The molecular formula is C24H23F. The molecule has 126 valence electrons. The van der Waals surface area contributed by atoms with Gasteiger partial charge in [-0.05, 0) is 46.7 Å². The molecule has 0 spiro atoms. The molecule has 0 heterocycles. The molecule has 0 fully saturated rings. The fourth-order valence-electron chi connectivity index (χ4n) is 3.07. The molecule has 0 bridgehead atoms. The zero-order valence-electron chi connectivity index (χ0n) is 14.6. The molecule has 0 N–H and O–H groups in total. The van der Waals surface area contributed by atoms with E-state index in [1.54, 1.807) is 6.07 Å². The number of hydrogen-bond donors (Lipinski definition) is 0. The summed E-state index contributed by atoms with van der Waals surface area (Å²) < 4.78 is 14.7. The van der Waals surface area contributed by atoms with E-state index >= 15 is 0 Å². The lowest BCUT2D eigenvalue weighted by molar-refractivity contribution is 0.632. The van der Waals surface area contributed by atoms with Gasteiger partial charge in [0.25, 0.3) is 0 Å². The van der Waals surface area contributed by atoms with E-state index in [0.29, 0.717) is 5.56 Å². The predicted octanol–water partition coefficient (Wildman–Crippen LogP) is 6.84. The van der Waals surface area contributed by atoms with Crippen LogP contribution in [0.3, 0.4) is 0 Å². The van der Waals surface area contributed by atoms with Crippen LogP contribution in [0.2, 0.25) is 0 Å². The third kappa shape index (κ3) is 4.06. The molecule has 0 saturated carbocycles. The maximum absolute atomic E-state index is 14.7. The van der Waals surface area contributed by atoms with Crippen molar-refractivity contribution < 1.29 is 4.39 Å². The summed E-state index contributed by atoms with van der Waals surface area (Å²) in [5.74, 6) is -0.188. The maximum Gasteiger partial charge on any atom is 0.131 e. The van der Waals surface area contributed by atoms with E-state index in [1.807, 2.05) is 42.5 Å². The number of benzene rings is 3. The first kappa shape index (κ1) is 17.2. The second-order valence-corrected chi connectivity index (χ2v) is 6.33. The lowest BCUT2D eigenvalue weighted by Crippen LogP contribution is -1.88. The fraction of sp³-hybridized carbons (Fsp3) is 0.167. The normalized spacial score (nSPS) is 10.6. The average molecular weight is 330 g/mol. The molecule has 0 aliphatic heterocycles. The van der Waals surface area contributed by atoms with Crippen molar-refractivity contribution >= 4 is 0 Å². The molecule has 3 aromatic rings. The van der Waals surface area contributed by atoms with Gasteiger partial charge in [0.05, 0.1) is 0 Å². The van der Waals surface area contributed by atoms with Crippen LogP contribution < -0.4 is 0 Å². The van der Waals surface area contributed by atoms with E-state index in [0.717, 1.165) is 36.0 Å². The summed E-state index contributed by atoms with van der Waals surface area (Å²) in [6.45, 7) is 5.92. The van der Waals surface area contributed by atoms with Crippen LogP contribution in [0.5, 0.6) is 0 Å². The second-order valence-electron chi connectivity index (χ2n) is 6.33. The van der Waals surface area contributed by atoms with Crippen LogP contribution in [-0.2, 0) is 12.8 Å². The number of allylic oxidation sites excluding steroid dienone is 1. The quantitative estimate of drug-likeness (QED) is 0.434. The van der Waals surface area contributed by atoms with Gasteiger partial charge in [-0.15, -0.1) is 6.58 Å². The van der Waals surface area contributed by atoms with Crippen LogP contribution >= 0.6 is 0 Å². The monoisotopic (exact) mass is 330 g/mol. The zero-order valence-corrected chi connectivity index (χ0v) is 14.6. The van der Waals surface area contributed by atoms with Crippen molar-refractivity contribution in [3.8, 4) is 22.3 Å². The summed E-state index contributed by atoms with van der Waals surface area (Å²) in [4.78, 5) is 0. The van der Waals surface area contributed by atoms with Gasteiger partial charge in [0, 0.05) is 5.56 Å². The molecule has 3 rings (SSSR count). The molecule has 0 aliphatic carbocycles. The minimum Gasteiger partial charge on any atom is -0.206 e. The van der Waals surface area contributed by atoms with Crippen LogP contribution in [0, 0.1) is 5.82 Å². The van der Waals surface area contributed by atoms with Gasteiger partial charge >= 0.3 is 0 Å². The smallest absolute Gasteiger partial charge is 0.131 e. The van der Waals surface area contributed by atoms with Crippen LogP contribution in [-0.4, -0.2) is 0 Å². The highest BCUT2D eigenvalue weighted by atomic mass is 19.1. The van der Waals surface area contributed by atoms with E-state index < -0.39 is 0 Å². The average Bonchev–Trinajstić information content (AvgIpc) is 2.64. The molecule has 0 aliphatic rings. The summed E-state index contributed by atoms with van der Waals surface area (Å²) in [6.07, 6.45) is 4.91. The number of hydrogen-bond acceptors (Lipinski definition) is 0. The summed E-state index contributed by atoms with van der Waals surface area (Å²) in [7, 11) is 0. The number of aryl methyl sites for hydroxylation is 1. The molecule has 25 heavy (non-hydrogen) atoms. The van der Waals surface area contributed by atoms with Gasteiger partial charge in [-0.25, -0.2) is 4.39 Å². The maximum atomic E-state index is 14.7. The van der Waals surface area contributed by atoms with Crippen LogP contribution in [0.1, 0.15) is 24.5 Å². The van der Waals surface area contributed by atoms with Crippen molar-refractivity contribution in [3.63, 3.8) is 0 Å². The number of rotatable bonds is 6. The molecular weight excluding hydrogens is 307 g/mol. The highest BCUT2D eigenvalue weighted by molar-refractivity contribution is 5.71. The van der Waals surface area contributed by atoms with Gasteiger partial charge in [0.1, 0.15) is 5.82 Å². The van der Waals surface area contributed by atoms with Gasteiger partial charge in [-0.1, -0.05) is 80.1 Å². The van der Waals surface area contributed by atoms with Gasteiger partial charge < -0.3 is 0 Å². The topological polar surface area (TPSA) is 0 Å². The van der Waals surface area contributed by atoms with E-state index in [-0.39, 0.29) is 5.82 Å². The lowest BCUT2D eigenvalue weighted by Gasteiger charge is -2.08. The summed E-state index contributed by atoms with van der Waals surface area (Å²) in [6, 6.07) is 21.9. The van der Waals surface area contributed by atoms with Crippen molar-refractivity contribution in [2.24, 2.45) is 0 Å². The summed E-state index contributed by atoms with van der Waals surface area (Å²) in [5, 5.41) is 0. The number of halogens is 1. The molecule has 0 saturated heterocycles. The van der Waals surface area contributed by atoms with E-state index in [4.69, 9.17) is 0 Å². The van der Waals surface area contributed by atoms with Crippen molar-refractivity contribution in [1.82, 2.24) is 0 Å². The summed E-state index contributed by atoms with van der Waals surface area (Å²) >= 11 is 0. The molecule has 0 amide bonds. The molecule has 0 nitrogen and oxygen atoms in total. The van der Waals surface area contributed by atoms with Gasteiger partial charge in [-0.3, -0.25) is 0 Å². The molecule has 0 unspecified atom stereocenters. The third-order valence-electron chi connectivity index (χ3n) is 4.44. The predicted molar refractivity (Wildman–Crippen MR) is 105 cm³/mol. The SMILES string of the molecule is C=CCc1ccc(-c2ccc(-c3ccc(CCC)cc3)cc2F)cc1. The van der Waals surface area contributed by atoms with Gasteiger partial charge in [0.2, 0.25) is 0 Å². The van der Waals surface area contributed by atoms with Gasteiger partial charge in [-0.2, -0.15) is 0 Å². The Morgan fingerprint density at radius 3 is 2.00 bits per heavy atom. The second kappa shape index (κ2) is 7.94. The van der Waals surface area contributed by atoms with Crippen molar-refractivity contribution in [2.45, 2.75) is 26.2 Å². The molecule has 3 aromatic carbocycles. The Labute approximate surface area is 149 Å². The first-order valence-corrected chi connectivity index (χ1v) is 8.80. The standard InChI is InChI=1S/C24H23F/c1-3-5-18-7-11-20(12-8-18)22-15-16-23(24(25)17-22)21-13-9-19(6-4-2)10-14-21/h4,7-17H,2-3,5-6H2,1H3. The van der Waals surface area contributed by atoms with E-state index in [9.17, 15) is 4.39 Å². The lowest BCUT2D eigenvalue weighted by atomic mass is 9.97. The molecule has 1 heteroatoms. The minimum absolute atomic E-state index is 0.188. The molecule has 0 radical (unpaired) electrons. The minimum atomic E-state index is -0.188. The zero-order chi connectivity index (χ0) is 17.6. The fourth-order valence-corrected chi connectivity index (χ4v) is 3.07. The van der Waals surface area contributed by atoms with Crippen LogP contribution in [0.25, 0.3) is 22.3 Å². The Balaban J connectivity index is 1.86. The molecule has 0 atom stereocenters. The Hall–Kier alpha value is -2.67. The first-order valence-electron chi connectivity index (χ1n) is 8.80. The Bertz CT molecular complexity index is 842. The van der Waals surface area contributed by atoms with Crippen molar-refractivity contribution in [2.75, 3.05) is 0 Å². The van der Waals surface area contributed by atoms with E-state index in [2.05, 4.69) is 37.8 Å². The third-order valence-corrected chi connectivity index (χ3v) is 4.44. The molecule has 0 aromatic heterocycles. The largest absolute Gasteiger partial charge is 0.206 e. The van der Waals surface area contributed by atoms with Crippen LogP contribution in [0.4, 0.5) is 4.39 Å². The Morgan fingerprint density at radius 2 is 1.40 bits per heavy atom. The highest BCUT2D eigenvalue weighted by Gasteiger charge is 2.08. The van der Waals surface area contributed by atoms with Crippen molar-refractivity contribution in [1.29, 1.82) is 0 Å². The first-order chi connectivity index (χ1) is 12.2. The van der Waals surface area contributed by atoms with Crippen LogP contribution in [0.15, 0.2) is 79.4 Å². The summed E-state index contributed by atoms with van der Waals surface area (Å²) in [5.41, 5.74) is 6.00. The van der Waals surface area contributed by atoms with Gasteiger partial charge in [0.15, 0.2) is 0 Å². The van der Waals surface area contributed by atoms with Crippen molar-refractivity contribution in [3.05, 3.63) is 96.3 Å². The van der Waals surface area contributed by atoms with E-state index in [1.165, 1.54) is 11.1 Å². The highest BCUT2D eigenvalue weighted by Crippen LogP contribution is 2.28. The Kier molecular flexibility index (Phi) is 5.45.